The quantitative estimate of drug-likeness (QED) is 0.753. The molecule has 1 heteroatoms. The molecular formula is C15H15O. The number of benzene rings is 2. The lowest BCUT2D eigenvalue weighted by Crippen LogP contribution is -2.00. The second-order valence-electron chi connectivity index (χ2n) is 3.82. The smallest absolute Gasteiger partial charge is 0.119 e. The molecule has 0 saturated heterocycles. The summed E-state index contributed by atoms with van der Waals surface area (Å²) in [4.78, 5) is 0. The minimum absolute atomic E-state index is 0.715. The summed E-state index contributed by atoms with van der Waals surface area (Å²) in [7, 11) is 0. The van der Waals surface area contributed by atoms with Crippen LogP contribution >= 0.6 is 0 Å². The SMILES string of the molecule is Cc1ccc(CCOc2cc[c]cc2)cc1. The summed E-state index contributed by atoms with van der Waals surface area (Å²) in [5.41, 5.74) is 2.61. The van der Waals surface area contributed by atoms with E-state index in [4.69, 9.17) is 4.74 Å². The molecule has 0 heterocycles. The summed E-state index contributed by atoms with van der Waals surface area (Å²) >= 11 is 0. The highest BCUT2D eigenvalue weighted by molar-refractivity contribution is 5.22. The maximum Gasteiger partial charge on any atom is 0.119 e. The van der Waals surface area contributed by atoms with Gasteiger partial charge in [-0.05, 0) is 30.7 Å². The van der Waals surface area contributed by atoms with Gasteiger partial charge in [0.2, 0.25) is 0 Å². The van der Waals surface area contributed by atoms with Crippen molar-refractivity contribution in [3.63, 3.8) is 0 Å². The number of ether oxygens (including phenoxy) is 1. The van der Waals surface area contributed by atoms with Crippen LogP contribution in [-0.2, 0) is 6.42 Å². The Bertz CT molecular complexity index is 417. The van der Waals surface area contributed by atoms with E-state index < -0.39 is 0 Å². The molecule has 81 valence electrons. The van der Waals surface area contributed by atoms with Crippen molar-refractivity contribution in [3.8, 4) is 5.75 Å². The van der Waals surface area contributed by atoms with Crippen LogP contribution in [0.25, 0.3) is 0 Å². The van der Waals surface area contributed by atoms with E-state index in [0.717, 1.165) is 12.2 Å². The largest absolute Gasteiger partial charge is 0.493 e. The van der Waals surface area contributed by atoms with Gasteiger partial charge >= 0.3 is 0 Å². The van der Waals surface area contributed by atoms with Crippen LogP contribution in [0.15, 0.2) is 48.5 Å². The van der Waals surface area contributed by atoms with Crippen LogP contribution < -0.4 is 4.74 Å². The predicted molar refractivity (Wildman–Crippen MR) is 65.7 cm³/mol. The Labute approximate surface area is 96.7 Å². The summed E-state index contributed by atoms with van der Waals surface area (Å²) in [5.74, 6) is 0.908. The molecule has 0 aliphatic rings. The number of aryl methyl sites for hydroxylation is 1. The van der Waals surface area contributed by atoms with Gasteiger partial charge in [0.25, 0.3) is 0 Å². The lowest BCUT2D eigenvalue weighted by molar-refractivity contribution is 0.322. The molecule has 0 spiro atoms. The molecule has 0 amide bonds. The minimum Gasteiger partial charge on any atom is -0.493 e. The maximum atomic E-state index is 5.62. The van der Waals surface area contributed by atoms with Crippen LogP contribution in [0.5, 0.6) is 5.75 Å². The van der Waals surface area contributed by atoms with Crippen molar-refractivity contribution in [2.45, 2.75) is 13.3 Å². The number of rotatable bonds is 4. The molecule has 1 radical (unpaired) electrons. The van der Waals surface area contributed by atoms with Crippen molar-refractivity contribution in [1.29, 1.82) is 0 Å². The Hall–Kier alpha value is -1.76. The zero-order valence-electron chi connectivity index (χ0n) is 9.44. The third-order valence-corrected chi connectivity index (χ3v) is 2.47. The Kier molecular flexibility index (Phi) is 3.60. The molecule has 1 nitrogen and oxygen atoms in total. The second kappa shape index (κ2) is 5.36. The molecule has 0 unspecified atom stereocenters. The molecule has 0 aliphatic carbocycles. The van der Waals surface area contributed by atoms with E-state index in [9.17, 15) is 0 Å². The van der Waals surface area contributed by atoms with Crippen LogP contribution in [0.3, 0.4) is 0 Å². The number of hydrogen-bond acceptors (Lipinski definition) is 1. The first-order chi connectivity index (χ1) is 7.84. The molecule has 0 aliphatic heterocycles. The van der Waals surface area contributed by atoms with Crippen LogP contribution in [0, 0.1) is 13.0 Å². The fraction of sp³-hybridized carbons (Fsp3) is 0.200. The van der Waals surface area contributed by atoms with Gasteiger partial charge in [0.15, 0.2) is 0 Å². The first-order valence-corrected chi connectivity index (χ1v) is 5.49. The van der Waals surface area contributed by atoms with Crippen molar-refractivity contribution >= 4 is 0 Å². The molecule has 2 aromatic carbocycles. The van der Waals surface area contributed by atoms with Gasteiger partial charge in [0.1, 0.15) is 5.75 Å². The summed E-state index contributed by atoms with van der Waals surface area (Å²) < 4.78 is 5.62. The third-order valence-electron chi connectivity index (χ3n) is 2.47. The Morgan fingerprint density at radius 1 is 1.00 bits per heavy atom. The molecule has 0 aromatic heterocycles. The van der Waals surface area contributed by atoms with Crippen molar-refractivity contribution in [3.05, 3.63) is 65.7 Å². The summed E-state index contributed by atoms with van der Waals surface area (Å²) in [5, 5.41) is 0. The first kappa shape index (κ1) is 10.7. The van der Waals surface area contributed by atoms with Crippen LogP contribution in [-0.4, -0.2) is 6.61 Å². The normalized spacial score (nSPS) is 10.1. The summed E-state index contributed by atoms with van der Waals surface area (Å²) in [6, 6.07) is 19.1. The predicted octanol–water partition coefficient (Wildman–Crippen LogP) is 3.42. The van der Waals surface area contributed by atoms with Gasteiger partial charge in [-0.1, -0.05) is 42.0 Å². The van der Waals surface area contributed by atoms with Gasteiger partial charge in [-0.15, -0.1) is 0 Å². The van der Waals surface area contributed by atoms with Gasteiger partial charge in [-0.25, -0.2) is 0 Å². The molecule has 0 atom stereocenters. The van der Waals surface area contributed by atoms with Crippen LogP contribution in [0.4, 0.5) is 0 Å². The standard InChI is InChI=1S/C15H15O/c1-13-7-9-14(10-8-13)11-12-16-15-5-3-2-4-6-15/h3-10H,11-12H2,1H3. The molecule has 0 bridgehead atoms. The lowest BCUT2D eigenvalue weighted by Gasteiger charge is -2.05. The average Bonchev–Trinajstić information content (AvgIpc) is 2.33. The van der Waals surface area contributed by atoms with E-state index in [-0.39, 0.29) is 0 Å². The highest BCUT2D eigenvalue weighted by Gasteiger charge is 1.94. The Morgan fingerprint density at radius 2 is 1.69 bits per heavy atom. The van der Waals surface area contributed by atoms with Gasteiger partial charge in [0.05, 0.1) is 6.61 Å². The third kappa shape index (κ3) is 3.13. The van der Waals surface area contributed by atoms with E-state index in [0.29, 0.717) is 6.61 Å². The molecule has 2 aromatic rings. The molecule has 0 N–H and O–H groups in total. The van der Waals surface area contributed by atoms with Gasteiger partial charge in [-0.3, -0.25) is 0 Å². The summed E-state index contributed by atoms with van der Waals surface area (Å²) in [6.45, 7) is 2.81. The number of hydrogen-bond donors (Lipinski definition) is 0. The van der Waals surface area contributed by atoms with Gasteiger partial charge in [0, 0.05) is 6.42 Å². The zero-order valence-corrected chi connectivity index (χ0v) is 9.44. The van der Waals surface area contributed by atoms with Crippen molar-refractivity contribution in [1.82, 2.24) is 0 Å². The Morgan fingerprint density at radius 3 is 2.38 bits per heavy atom. The molecule has 0 fully saturated rings. The van der Waals surface area contributed by atoms with E-state index in [2.05, 4.69) is 37.3 Å². The molecule has 2 rings (SSSR count). The highest BCUT2D eigenvalue weighted by Crippen LogP contribution is 2.09. The molecular weight excluding hydrogens is 196 g/mol. The van der Waals surface area contributed by atoms with E-state index in [1.54, 1.807) is 0 Å². The van der Waals surface area contributed by atoms with Crippen molar-refractivity contribution in [2.75, 3.05) is 6.61 Å². The summed E-state index contributed by atoms with van der Waals surface area (Å²) in [6.07, 6.45) is 0.943. The van der Waals surface area contributed by atoms with Crippen molar-refractivity contribution in [2.24, 2.45) is 0 Å². The van der Waals surface area contributed by atoms with Crippen LogP contribution in [0.1, 0.15) is 11.1 Å². The fourth-order valence-electron chi connectivity index (χ4n) is 1.51. The van der Waals surface area contributed by atoms with Gasteiger partial charge < -0.3 is 4.74 Å². The van der Waals surface area contributed by atoms with Crippen molar-refractivity contribution < 1.29 is 4.74 Å². The lowest BCUT2D eigenvalue weighted by atomic mass is 10.1. The van der Waals surface area contributed by atoms with Gasteiger partial charge in [-0.2, -0.15) is 0 Å². The minimum atomic E-state index is 0.715. The molecule has 0 saturated carbocycles. The monoisotopic (exact) mass is 211 g/mol. The maximum absolute atomic E-state index is 5.62. The molecule has 16 heavy (non-hydrogen) atoms. The van der Waals surface area contributed by atoms with Crippen LogP contribution in [0.2, 0.25) is 0 Å². The zero-order chi connectivity index (χ0) is 11.2. The van der Waals surface area contributed by atoms with E-state index in [1.807, 2.05) is 24.3 Å². The topological polar surface area (TPSA) is 9.23 Å². The fourth-order valence-corrected chi connectivity index (χ4v) is 1.51. The first-order valence-electron chi connectivity index (χ1n) is 5.49. The Balaban J connectivity index is 1.82. The van der Waals surface area contributed by atoms with E-state index >= 15 is 0 Å². The highest BCUT2D eigenvalue weighted by atomic mass is 16.5. The average molecular weight is 211 g/mol. The van der Waals surface area contributed by atoms with E-state index in [1.165, 1.54) is 11.1 Å². The second-order valence-corrected chi connectivity index (χ2v) is 3.82.